The molecule has 0 saturated heterocycles. The maximum absolute atomic E-state index is 12.6. The molecule has 0 bridgehead atoms. The molecule has 0 aliphatic carbocycles. The molecule has 27 heavy (non-hydrogen) atoms. The Labute approximate surface area is 164 Å². The third-order valence-corrected chi connectivity index (χ3v) is 4.76. The van der Waals surface area contributed by atoms with Crippen molar-refractivity contribution in [3.05, 3.63) is 59.3 Å². The number of benzene rings is 1. The van der Waals surface area contributed by atoms with Crippen molar-refractivity contribution in [2.75, 3.05) is 39.1 Å². The predicted molar refractivity (Wildman–Crippen MR) is 108 cm³/mol. The number of hydrogen-bond acceptors (Lipinski definition) is 4. The molecule has 1 aromatic carbocycles. The minimum atomic E-state index is -0.151. The molecule has 0 aliphatic heterocycles. The molecule has 0 aliphatic rings. The number of carbonyl (C=O) groups is 2. The highest BCUT2D eigenvalue weighted by atomic mass is 32.1. The first-order valence-corrected chi connectivity index (χ1v) is 9.56. The number of amides is 2. The molecule has 2 amide bonds. The Morgan fingerprint density at radius 3 is 2.78 bits per heavy atom. The maximum atomic E-state index is 12.6. The van der Waals surface area contributed by atoms with E-state index in [1.165, 1.54) is 0 Å². The number of nitrogens with one attached hydrogen (secondary N) is 2. The highest BCUT2D eigenvalue weighted by Gasteiger charge is 2.19. The molecule has 1 heterocycles. The van der Waals surface area contributed by atoms with Crippen molar-refractivity contribution < 1.29 is 19.2 Å². The van der Waals surface area contributed by atoms with Crippen LogP contribution in [0.25, 0.3) is 0 Å². The zero-order valence-corrected chi connectivity index (χ0v) is 16.6. The van der Waals surface area contributed by atoms with Gasteiger partial charge in [0.2, 0.25) is 0 Å². The van der Waals surface area contributed by atoms with Crippen LogP contribution in [0.15, 0.2) is 54.4 Å². The number of rotatable bonds is 10. The van der Waals surface area contributed by atoms with Crippen LogP contribution in [0.3, 0.4) is 0 Å². The van der Waals surface area contributed by atoms with Crippen LogP contribution in [0, 0.1) is 0 Å². The van der Waals surface area contributed by atoms with Crippen LogP contribution in [0.4, 0.5) is 5.69 Å². The van der Waals surface area contributed by atoms with Crippen molar-refractivity contribution in [1.29, 1.82) is 0 Å². The van der Waals surface area contributed by atoms with Gasteiger partial charge in [-0.15, -0.1) is 17.9 Å². The summed E-state index contributed by atoms with van der Waals surface area (Å²) in [5.74, 6) is 0.523. The molecule has 2 N–H and O–H groups in total. The molecule has 6 nitrogen and oxygen atoms in total. The van der Waals surface area contributed by atoms with Gasteiger partial charge in [0.05, 0.1) is 20.7 Å². The van der Waals surface area contributed by atoms with E-state index in [-0.39, 0.29) is 24.9 Å². The van der Waals surface area contributed by atoms with Crippen LogP contribution in [-0.2, 0) is 16.1 Å². The number of nitrogens with zero attached hydrogens (tertiary/aromatic N) is 1. The van der Waals surface area contributed by atoms with Crippen molar-refractivity contribution in [3.8, 4) is 5.75 Å². The second-order valence-electron chi connectivity index (χ2n) is 6.23. The van der Waals surface area contributed by atoms with Crippen molar-refractivity contribution >= 4 is 28.8 Å². The molecule has 1 unspecified atom stereocenters. The SMILES string of the molecule is C=CCN(Cc1cccs1)C(=O)C[NH+](C)CC(=O)Nc1cccc(OC)c1. The van der Waals surface area contributed by atoms with Gasteiger partial charge in [-0.05, 0) is 23.6 Å². The molecule has 0 spiro atoms. The summed E-state index contributed by atoms with van der Waals surface area (Å²) in [4.78, 5) is 28.5. The molecule has 2 rings (SSSR count). The van der Waals surface area contributed by atoms with Gasteiger partial charge in [-0.3, -0.25) is 9.59 Å². The summed E-state index contributed by atoms with van der Waals surface area (Å²) >= 11 is 1.62. The van der Waals surface area contributed by atoms with Gasteiger partial charge in [-0.25, -0.2) is 0 Å². The smallest absolute Gasteiger partial charge is 0.279 e. The Bertz CT molecular complexity index is 762. The van der Waals surface area contributed by atoms with E-state index >= 15 is 0 Å². The zero-order chi connectivity index (χ0) is 19.6. The van der Waals surface area contributed by atoms with Crippen LogP contribution in [0.5, 0.6) is 5.75 Å². The summed E-state index contributed by atoms with van der Waals surface area (Å²) in [5, 5.41) is 4.82. The van der Waals surface area contributed by atoms with Gasteiger partial charge < -0.3 is 19.9 Å². The van der Waals surface area contributed by atoms with Gasteiger partial charge in [0.25, 0.3) is 11.8 Å². The van der Waals surface area contributed by atoms with E-state index in [2.05, 4.69) is 11.9 Å². The Morgan fingerprint density at radius 2 is 2.11 bits per heavy atom. The molecule has 2 aromatic rings. The number of methoxy groups -OCH3 is 1. The summed E-state index contributed by atoms with van der Waals surface area (Å²) in [6.45, 7) is 5.22. The van der Waals surface area contributed by atoms with Crippen molar-refractivity contribution in [3.63, 3.8) is 0 Å². The first-order valence-electron chi connectivity index (χ1n) is 8.68. The largest absolute Gasteiger partial charge is 0.497 e. The number of anilines is 1. The van der Waals surface area contributed by atoms with Gasteiger partial charge in [0.15, 0.2) is 13.1 Å². The highest BCUT2D eigenvalue weighted by Crippen LogP contribution is 2.16. The van der Waals surface area contributed by atoms with Crippen molar-refractivity contribution in [1.82, 2.24) is 4.90 Å². The molecule has 0 saturated carbocycles. The topological polar surface area (TPSA) is 63.1 Å². The van der Waals surface area contributed by atoms with E-state index in [4.69, 9.17) is 4.74 Å². The van der Waals surface area contributed by atoms with Crippen LogP contribution < -0.4 is 15.0 Å². The summed E-state index contributed by atoms with van der Waals surface area (Å²) in [5.41, 5.74) is 0.671. The lowest BCUT2D eigenvalue weighted by Gasteiger charge is -2.22. The summed E-state index contributed by atoms with van der Waals surface area (Å²) in [7, 11) is 3.41. The van der Waals surface area contributed by atoms with Crippen molar-refractivity contribution in [2.45, 2.75) is 6.54 Å². The summed E-state index contributed by atoms with van der Waals surface area (Å²) in [6, 6.07) is 11.2. The van der Waals surface area contributed by atoms with E-state index in [0.29, 0.717) is 24.5 Å². The zero-order valence-electron chi connectivity index (χ0n) is 15.7. The lowest BCUT2D eigenvalue weighted by molar-refractivity contribution is -0.862. The van der Waals surface area contributed by atoms with Gasteiger partial charge in [0, 0.05) is 23.2 Å². The highest BCUT2D eigenvalue weighted by molar-refractivity contribution is 7.09. The number of likely N-dealkylation sites (N-methyl/N-ethyl adjacent to an activating group) is 1. The maximum Gasteiger partial charge on any atom is 0.279 e. The van der Waals surface area contributed by atoms with Gasteiger partial charge >= 0.3 is 0 Å². The lowest BCUT2D eigenvalue weighted by atomic mass is 10.3. The Hall–Kier alpha value is -2.64. The Morgan fingerprint density at radius 1 is 1.30 bits per heavy atom. The normalized spacial score (nSPS) is 11.5. The minimum Gasteiger partial charge on any atom is -0.497 e. The number of thiophene rings is 1. The van der Waals surface area contributed by atoms with Crippen LogP contribution in [0.2, 0.25) is 0 Å². The molecule has 1 atom stereocenters. The molecule has 1 aromatic heterocycles. The second kappa shape index (κ2) is 10.5. The van der Waals surface area contributed by atoms with E-state index < -0.39 is 0 Å². The average molecular weight is 389 g/mol. The quantitative estimate of drug-likeness (QED) is 0.605. The Kier molecular flexibility index (Phi) is 8.03. The van der Waals surface area contributed by atoms with E-state index in [1.54, 1.807) is 41.6 Å². The molecule has 0 radical (unpaired) electrons. The third kappa shape index (κ3) is 6.88. The number of hydrogen-bond donors (Lipinski definition) is 2. The molecule has 0 fully saturated rings. The van der Waals surface area contributed by atoms with Crippen LogP contribution in [0.1, 0.15) is 4.88 Å². The first-order chi connectivity index (χ1) is 13.0. The summed E-state index contributed by atoms with van der Waals surface area (Å²) < 4.78 is 5.15. The molecule has 144 valence electrons. The van der Waals surface area contributed by atoms with Crippen LogP contribution in [-0.4, -0.2) is 50.5 Å². The van der Waals surface area contributed by atoms with E-state index in [1.807, 2.05) is 36.7 Å². The fourth-order valence-corrected chi connectivity index (χ4v) is 3.33. The minimum absolute atomic E-state index is 0.00465. The number of ether oxygens (including phenoxy) is 1. The van der Waals surface area contributed by atoms with Gasteiger partial charge in [0.1, 0.15) is 5.75 Å². The second-order valence-corrected chi connectivity index (χ2v) is 7.27. The molecular weight excluding hydrogens is 362 g/mol. The standard InChI is InChI=1S/C20H25N3O3S/c1-4-10-23(13-18-9-6-11-27-18)20(25)15-22(2)14-19(24)21-16-7-5-8-17(12-16)26-3/h4-9,11-12H,1,10,13-15H2,2-3H3,(H,21,24)/p+1. The predicted octanol–water partition coefficient (Wildman–Crippen LogP) is 1.42. The lowest BCUT2D eigenvalue weighted by Crippen LogP contribution is -3.11. The Balaban J connectivity index is 1.86. The number of quaternary nitrogens is 1. The average Bonchev–Trinajstić information content (AvgIpc) is 3.14. The van der Waals surface area contributed by atoms with E-state index in [0.717, 1.165) is 9.78 Å². The summed E-state index contributed by atoms with van der Waals surface area (Å²) in [6.07, 6.45) is 1.72. The fraction of sp³-hybridized carbons (Fsp3) is 0.300. The number of carbonyl (C=O) groups excluding carboxylic acids is 2. The van der Waals surface area contributed by atoms with Crippen LogP contribution >= 0.6 is 11.3 Å². The molecule has 7 heteroatoms. The van der Waals surface area contributed by atoms with Gasteiger partial charge in [-0.1, -0.05) is 18.2 Å². The van der Waals surface area contributed by atoms with Gasteiger partial charge in [-0.2, -0.15) is 0 Å². The van der Waals surface area contributed by atoms with E-state index in [9.17, 15) is 9.59 Å². The first kappa shape index (κ1) is 20.7. The molecular formula is C20H26N3O3S+. The third-order valence-electron chi connectivity index (χ3n) is 3.90. The fourth-order valence-electron chi connectivity index (χ4n) is 2.61. The monoisotopic (exact) mass is 388 g/mol. The van der Waals surface area contributed by atoms with Crippen molar-refractivity contribution in [2.24, 2.45) is 0 Å².